The second-order valence-corrected chi connectivity index (χ2v) is 6.77. The minimum Gasteiger partial charge on any atom is -0.392 e. The fraction of sp³-hybridized carbons (Fsp3) is 0.125. The van der Waals surface area contributed by atoms with Gasteiger partial charge in [-0.3, -0.25) is 0 Å². The lowest BCUT2D eigenvalue weighted by Crippen LogP contribution is -2.50. The smallest absolute Gasteiger partial charge is 0.141 e. The van der Waals surface area contributed by atoms with E-state index in [1.54, 1.807) is 12.1 Å². The van der Waals surface area contributed by atoms with Gasteiger partial charge in [0.1, 0.15) is 11.2 Å². The molecule has 0 saturated carbocycles. The Morgan fingerprint density at radius 3 is 1.87 bits per heavy atom. The second-order valence-electron chi connectivity index (χ2n) is 5.07. The van der Waals surface area contributed by atoms with Gasteiger partial charge in [-0.2, -0.15) is 0 Å². The molecule has 23 heavy (non-hydrogen) atoms. The van der Waals surface area contributed by atoms with Crippen molar-refractivity contribution >= 4 is 57.6 Å². The molecule has 0 fully saturated rings. The summed E-state index contributed by atoms with van der Waals surface area (Å²) in [6.07, 6.45) is 0. The summed E-state index contributed by atoms with van der Waals surface area (Å²) in [4.78, 5) is 0.0696. The van der Waals surface area contributed by atoms with Crippen molar-refractivity contribution in [3.63, 3.8) is 0 Å². The molecular formula is C16H13Cl2FN2S2. The first-order valence-corrected chi connectivity index (χ1v) is 8.10. The molecule has 2 aromatic carbocycles. The monoisotopic (exact) mass is 386 g/mol. The Bertz CT molecular complexity index is 741. The quantitative estimate of drug-likeness (QED) is 0.769. The Hall–Kier alpha value is -1.27. The van der Waals surface area contributed by atoms with Gasteiger partial charge >= 0.3 is 0 Å². The molecule has 0 radical (unpaired) electrons. The van der Waals surface area contributed by atoms with E-state index in [0.717, 1.165) is 5.56 Å². The first-order chi connectivity index (χ1) is 10.7. The van der Waals surface area contributed by atoms with Gasteiger partial charge < -0.3 is 11.5 Å². The van der Waals surface area contributed by atoms with E-state index in [9.17, 15) is 4.39 Å². The topological polar surface area (TPSA) is 52.0 Å². The summed E-state index contributed by atoms with van der Waals surface area (Å²) in [5.41, 5.74) is 12.7. The van der Waals surface area contributed by atoms with Gasteiger partial charge in [-0.05, 0) is 41.8 Å². The second kappa shape index (κ2) is 6.69. The van der Waals surface area contributed by atoms with Crippen molar-refractivity contribution in [2.45, 2.75) is 12.3 Å². The minimum absolute atomic E-state index is 0.0348. The van der Waals surface area contributed by atoms with E-state index in [0.29, 0.717) is 16.1 Å². The van der Waals surface area contributed by atoms with Gasteiger partial charge in [-0.15, -0.1) is 0 Å². The molecule has 0 unspecified atom stereocenters. The third kappa shape index (κ3) is 3.06. The fourth-order valence-electron chi connectivity index (χ4n) is 2.41. The zero-order valence-corrected chi connectivity index (χ0v) is 15.2. The number of hydrogen-bond acceptors (Lipinski definition) is 2. The Morgan fingerprint density at radius 2 is 1.43 bits per heavy atom. The molecule has 0 aliphatic rings. The molecule has 0 aliphatic carbocycles. The molecule has 0 bridgehead atoms. The van der Waals surface area contributed by atoms with Crippen LogP contribution in [0.2, 0.25) is 10.0 Å². The van der Waals surface area contributed by atoms with Crippen molar-refractivity contribution in [1.29, 1.82) is 0 Å². The van der Waals surface area contributed by atoms with E-state index in [1.807, 2.05) is 13.0 Å². The zero-order chi connectivity index (χ0) is 17.4. The normalized spacial score (nSPS) is 11.3. The van der Waals surface area contributed by atoms with Crippen LogP contribution in [0.5, 0.6) is 0 Å². The minimum atomic E-state index is -1.26. The van der Waals surface area contributed by atoms with E-state index < -0.39 is 11.2 Å². The maximum Gasteiger partial charge on any atom is 0.141 e. The van der Waals surface area contributed by atoms with Gasteiger partial charge in [0, 0.05) is 5.02 Å². The standard InChI is InChI=1S/C16H13Cl2FN2S2/c1-8-2-3-9(6-11(8)17)16(14(20)22,15(21)23)10-4-5-13(19)12(18)7-10/h2-7H,1H3,(H2,20,22)(H2,21,23). The van der Waals surface area contributed by atoms with Gasteiger partial charge in [0.05, 0.1) is 15.0 Å². The molecule has 120 valence electrons. The van der Waals surface area contributed by atoms with Crippen LogP contribution in [-0.2, 0) is 5.41 Å². The summed E-state index contributed by atoms with van der Waals surface area (Å²) in [7, 11) is 0. The van der Waals surface area contributed by atoms with Gasteiger partial charge in [-0.1, -0.05) is 65.8 Å². The van der Waals surface area contributed by atoms with Crippen molar-refractivity contribution in [2.24, 2.45) is 11.5 Å². The first kappa shape index (κ1) is 18.1. The maximum atomic E-state index is 13.5. The molecule has 2 aromatic rings. The predicted molar refractivity (Wildman–Crippen MR) is 102 cm³/mol. The lowest BCUT2D eigenvalue weighted by molar-refractivity contribution is 0.627. The number of benzene rings is 2. The Balaban J connectivity index is 2.84. The van der Waals surface area contributed by atoms with E-state index >= 15 is 0 Å². The molecular weight excluding hydrogens is 374 g/mol. The van der Waals surface area contributed by atoms with Crippen LogP contribution in [0.3, 0.4) is 0 Å². The van der Waals surface area contributed by atoms with Crippen molar-refractivity contribution in [3.8, 4) is 0 Å². The van der Waals surface area contributed by atoms with Gasteiger partial charge in [0.2, 0.25) is 0 Å². The molecule has 4 N–H and O–H groups in total. The highest BCUT2D eigenvalue weighted by molar-refractivity contribution is 7.82. The summed E-state index contributed by atoms with van der Waals surface area (Å²) in [6.45, 7) is 1.87. The predicted octanol–water partition coefficient (Wildman–Crippen LogP) is 4.30. The molecule has 2 nitrogen and oxygen atoms in total. The fourth-order valence-corrected chi connectivity index (χ4v) is 3.53. The van der Waals surface area contributed by atoms with Crippen LogP contribution < -0.4 is 11.5 Å². The number of halogens is 3. The van der Waals surface area contributed by atoms with E-state index in [1.165, 1.54) is 18.2 Å². The van der Waals surface area contributed by atoms with Crippen molar-refractivity contribution < 1.29 is 4.39 Å². The van der Waals surface area contributed by atoms with Crippen LogP contribution in [-0.4, -0.2) is 9.98 Å². The summed E-state index contributed by atoms with van der Waals surface area (Å²) < 4.78 is 13.5. The Labute approximate surface area is 154 Å². The molecule has 0 aliphatic heterocycles. The Kier molecular flexibility index (Phi) is 5.26. The highest BCUT2D eigenvalue weighted by atomic mass is 35.5. The molecule has 0 aromatic heterocycles. The number of rotatable bonds is 4. The van der Waals surface area contributed by atoms with Crippen LogP contribution in [0.15, 0.2) is 36.4 Å². The van der Waals surface area contributed by atoms with Crippen LogP contribution in [0.25, 0.3) is 0 Å². The molecule has 0 atom stereocenters. The van der Waals surface area contributed by atoms with Gasteiger partial charge in [0.15, 0.2) is 0 Å². The van der Waals surface area contributed by atoms with Crippen LogP contribution in [0, 0.1) is 12.7 Å². The average molecular weight is 387 g/mol. The third-order valence-corrected chi connectivity index (χ3v) is 5.01. The van der Waals surface area contributed by atoms with Crippen molar-refractivity contribution in [3.05, 3.63) is 69.0 Å². The summed E-state index contributed by atoms with van der Waals surface area (Å²) in [5, 5.41) is 0.449. The summed E-state index contributed by atoms with van der Waals surface area (Å²) >= 11 is 22.6. The Morgan fingerprint density at radius 1 is 0.957 bits per heavy atom. The lowest BCUT2D eigenvalue weighted by Gasteiger charge is -2.33. The number of aryl methyl sites for hydroxylation is 1. The number of nitrogens with two attached hydrogens (primary N) is 2. The molecule has 7 heteroatoms. The summed E-state index contributed by atoms with van der Waals surface area (Å²) in [5.74, 6) is -0.558. The first-order valence-electron chi connectivity index (χ1n) is 6.53. The highest BCUT2D eigenvalue weighted by Gasteiger charge is 2.41. The summed E-state index contributed by atoms with van der Waals surface area (Å²) in [6, 6.07) is 9.45. The van der Waals surface area contributed by atoms with Crippen molar-refractivity contribution in [1.82, 2.24) is 0 Å². The number of thiocarbonyl (C=S) groups is 2. The highest BCUT2D eigenvalue weighted by Crippen LogP contribution is 2.37. The SMILES string of the molecule is Cc1ccc(C(C(N)=S)(C(N)=S)c2ccc(F)c(Cl)c2)cc1Cl. The number of hydrogen-bond donors (Lipinski definition) is 2. The third-order valence-electron chi connectivity index (χ3n) is 3.70. The van der Waals surface area contributed by atoms with Crippen LogP contribution in [0.4, 0.5) is 4.39 Å². The molecule has 0 saturated heterocycles. The zero-order valence-electron chi connectivity index (χ0n) is 12.1. The van der Waals surface area contributed by atoms with E-state index in [4.69, 9.17) is 59.1 Å². The average Bonchev–Trinajstić information content (AvgIpc) is 2.46. The maximum absolute atomic E-state index is 13.5. The van der Waals surface area contributed by atoms with E-state index in [-0.39, 0.29) is 15.0 Å². The van der Waals surface area contributed by atoms with E-state index in [2.05, 4.69) is 0 Å². The molecule has 0 heterocycles. The largest absolute Gasteiger partial charge is 0.392 e. The van der Waals surface area contributed by atoms with Crippen LogP contribution in [0.1, 0.15) is 16.7 Å². The molecule has 0 spiro atoms. The van der Waals surface area contributed by atoms with Gasteiger partial charge in [0.25, 0.3) is 0 Å². The van der Waals surface area contributed by atoms with Crippen molar-refractivity contribution in [2.75, 3.05) is 0 Å². The molecule has 0 amide bonds. The van der Waals surface area contributed by atoms with Crippen LogP contribution >= 0.6 is 47.6 Å². The van der Waals surface area contributed by atoms with Gasteiger partial charge in [-0.25, -0.2) is 4.39 Å². The lowest BCUT2D eigenvalue weighted by atomic mass is 9.74. The molecule has 2 rings (SSSR count).